The van der Waals surface area contributed by atoms with Gasteiger partial charge in [0.15, 0.2) is 17.3 Å². The van der Waals surface area contributed by atoms with Gasteiger partial charge in [-0.1, -0.05) is 17.3 Å². The van der Waals surface area contributed by atoms with E-state index in [2.05, 4.69) is 70.3 Å². The number of aromatic amines is 1. The molecule has 5 heterocycles. The van der Waals surface area contributed by atoms with E-state index in [0.29, 0.717) is 48.1 Å². The van der Waals surface area contributed by atoms with Crippen LogP contribution in [0, 0.1) is 0 Å². The van der Waals surface area contributed by atoms with Crippen molar-refractivity contribution in [3.05, 3.63) is 77.9 Å². The Bertz CT molecular complexity index is 1870. The number of anilines is 1. The summed E-state index contributed by atoms with van der Waals surface area (Å²) in [6.07, 6.45) is 7.21. The van der Waals surface area contributed by atoms with Gasteiger partial charge in [-0.3, -0.25) is 9.78 Å². The smallest absolute Gasteiger partial charge is 0.254 e. The maximum Gasteiger partial charge on any atom is 0.254 e. The number of tetrazole rings is 1. The molecule has 3 aromatic heterocycles. The van der Waals surface area contributed by atoms with Gasteiger partial charge in [-0.25, -0.2) is 4.98 Å². The van der Waals surface area contributed by atoms with Crippen molar-refractivity contribution in [2.45, 2.75) is 37.6 Å². The van der Waals surface area contributed by atoms with Crippen LogP contribution in [0.1, 0.15) is 41.0 Å². The molecule has 0 spiro atoms. The summed E-state index contributed by atoms with van der Waals surface area (Å²) in [4.78, 5) is 30.3. The molecule has 262 valence electrons. The number of carbonyl (C=O) groups excluding carboxylic acids is 1. The van der Waals surface area contributed by atoms with Crippen LogP contribution in [-0.4, -0.2) is 118 Å². The molecule has 2 aliphatic rings. The van der Waals surface area contributed by atoms with Crippen LogP contribution in [-0.2, 0) is 18.4 Å². The molecule has 1 amide bonds. The Morgan fingerprint density at radius 2 is 1.72 bits per heavy atom. The maximum atomic E-state index is 14.0. The van der Waals surface area contributed by atoms with E-state index in [-0.39, 0.29) is 11.3 Å². The Morgan fingerprint density at radius 1 is 0.920 bits per heavy atom. The monoisotopic (exact) mass is 680 g/mol. The summed E-state index contributed by atoms with van der Waals surface area (Å²) in [5.41, 5.74) is 3.65. The molecule has 7 rings (SSSR count). The molecule has 2 aromatic carbocycles. The molecule has 5 aromatic rings. The first-order chi connectivity index (χ1) is 24.5. The van der Waals surface area contributed by atoms with Crippen molar-refractivity contribution in [1.82, 2.24) is 45.0 Å². The zero-order chi connectivity index (χ0) is 34.5. The minimum atomic E-state index is -0.186. The van der Waals surface area contributed by atoms with Crippen molar-refractivity contribution in [2.75, 3.05) is 72.0 Å². The van der Waals surface area contributed by atoms with Crippen LogP contribution in [0.2, 0.25) is 0 Å². The van der Waals surface area contributed by atoms with Gasteiger partial charge in [-0.05, 0) is 74.3 Å². The van der Waals surface area contributed by atoms with Crippen LogP contribution >= 0.6 is 0 Å². The van der Waals surface area contributed by atoms with E-state index < -0.39 is 0 Å². The maximum absolute atomic E-state index is 14.0. The second-order valence-corrected chi connectivity index (χ2v) is 13.0. The van der Waals surface area contributed by atoms with Crippen molar-refractivity contribution >= 4 is 22.9 Å². The van der Waals surface area contributed by atoms with Gasteiger partial charge in [0.05, 0.1) is 32.4 Å². The number of H-pyrrole nitrogens is 1. The van der Waals surface area contributed by atoms with Crippen LogP contribution in [0.15, 0.2) is 60.9 Å². The second-order valence-electron chi connectivity index (χ2n) is 13.0. The van der Waals surface area contributed by atoms with E-state index >= 15 is 0 Å². The molecule has 2 aliphatic heterocycles. The van der Waals surface area contributed by atoms with Gasteiger partial charge in [0.2, 0.25) is 11.7 Å². The molecule has 1 atom stereocenters. The minimum absolute atomic E-state index is 0.0483. The summed E-state index contributed by atoms with van der Waals surface area (Å²) in [5.74, 6) is 3.03. The fourth-order valence-electron chi connectivity index (χ4n) is 7.51. The van der Waals surface area contributed by atoms with Gasteiger partial charge in [0.25, 0.3) is 5.91 Å². The number of ether oxygens (including phenoxy) is 3. The number of benzene rings is 2. The quantitative estimate of drug-likeness (QED) is 0.207. The lowest BCUT2D eigenvalue weighted by molar-refractivity contribution is 0.0780. The molecule has 1 unspecified atom stereocenters. The summed E-state index contributed by atoms with van der Waals surface area (Å²) in [6.45, 7) is 6.65. The average Bonchev–Trinajstić information content (AvgIpc) is 3.89. The van der Waals surface area contributed by atoms with E-state index in [1.807, 2.05) is 23.4 Å². The minimum Gasteiger partial charge on any atom is -0.493 e. The van der Waals surface area contributed by atoms with E-state index in [4.69, 9.17) is 19.2 Å². The standard InChI is InChI=1S/C36H44N10O4/c1-48-30-23-26(24-31(49-2)33(30)50-3)34(47)45-20-13-36(25-45,27-9-14-37-15-10-27)12-19-43-16-6-17-44(22-21-43)35-38-28-7-4-5-8-29(28)46(35)18-11-32-39-41-42-40-32/h4-5,7-10,14-15,23-24H,6,11-13,16-22,25H2,1-3H3,(H,39,40,41,42). The van der Waals surface area contributed by atoms with Crippen molar-refractivity contribution in [3.63, 3.8) is 0 Å². The molecule has 14 nitrogen and oxygen atoms in total. The number of carbonyl (C=O) groups is 1. The number of fused-ring (bicyclic) bond motifs is 1. The van der Waals surface area contributed by atoms with Gasteiger partial charge in [0.1, 0.15) is 0 Å². The topological polar surface area (TPSA) is 140 Å². The highest BCUT2D eigenvalue weighted by molar-refractivity contribution is 5.96. The third-order valence-electron chi connectivity index (χ3n) is 10.2. The van der Waals surface area contributed by atoms with Crippen molar-refractivity contribution in [2.24, 2.45) is 0 Å². The predicted octanol–water partition coefficient (Wildman–Crippen LogP) is 3.60. The number of nitrogens with zero attached hydrogens (tertiary/aromatic N) is 9. The number of methoxy groups -OCH3 is 3. The predicted molar refractivity (Wildman–Crippen MR) is 188 cm³/mol. The van der Waals surface area contributed by atoms with Crippen LogP contribution in [0.5, 0.6) is 17.2 Å². The lowest BCUT2D eigenvalue weighted by Gasteiger charge is -2.33. The van der Waals surface area contributed by atoms with Crippen molar-refractivity contribution in [3.8, 4) is 17.2 Å². The Balaban J connectivity index is 1.06. The van der Waals surface area contributed by atoms with Crippen LogP contribution in [0.3, 0.4) is 0 Å². The summed E-state index contributed by atoms with van der Waals surface area (Å²) in [6, 6.07) is 16.0. The number of rotatable bonds is 12. The van der Waals surface area contributed by atoms with E-state index in [9.17, 15) is 4.79 Å². The summed E-state index contributed by atoms with van der Waals surface area (Å²) in [7, 11) is 4.68. The largest absolute Gasteiger partial charge is 0.493 e. The first-order valence-electron chi connectivity index (χ1n) is 17.2. The number of aromatic nitrogens is 7. The third kappa shape index (κ3) is 6.67. The molecule has 0 radical (unpaired) electrons. The van der Waals surface area contributed by atoms with Crippen LogP contribution < -0.4 is 19.1 Å². The molecule has 0 saturated carbocycles. The van der Waals surface area contributed by atoms with E-state index in [1.165, 1.54) is 5.56 Å². The van der Waals surface area contributed by atoms with Gasteiger partial charge in [-0.2, -0.15) is 5.21 Å². The van der Waals surface area contributed by atoms with Gasteiger partial charge >= 0.3 is 0 Å². The number of hydrogen-bond donors (Lipinski definition) is 1. The normalized spacial score (nSPS) is 18.4. The van der Waals surface area contributed by atoms with Crippen molar-refractivity contribution < 1.29 is 19.0 Å². The number of aryl methyl sites for hydroxylation is 2. The highest BCUT2D eigenvalue weighted by Crippen LogP contribution is 2.41. The number of hydrogen-bond acceptors (Lipinski definition) is 11. The Kier molecular flexibility index (Phi) is 9.78. The Labute approximate surface area is 291 Å². The highest BCUT2D eigenvalue weighted by Gasteiger charge is 2.42. The van der Waals surface area contributed by atoms with Gasteiger partial charge in [0, 0.05) is 69.1 Å². The highest BCUT2D eigenvalue weighted by atomic mass is 16.5. The summed E-state index contributed by atoms with van der Waals surface area (Å²) >= 11 is 0. The number of pyridine rings is 1. The molecule has 0 bridgehead atoms. The number of likely N-dealkylation sites (tertiary alicyclic amines) is 1. The fraction of sp³-hybridized carbons (Fsp3) is 0.444. The first-order valence-corrected chi connectivity index (χ1v) is 17.2. The molecular formula is C36H44N10O4. The fourth-order valence-corrected chi connectivity index (χ4v) is 7.51. The zero-order valence-corrected chi connectivity index (χ0v) is 28.9. The SMILES string of the molecule is COc1cc(C(=O)N2CCC(CCN3CCCN(c4nc5ccccc5n4CCc4nn[nH]n4)CC3)(c3ccncc3)C2)cc(OC)c1OC. The second kappa shape index (κ2) is 14.7. The average molecular weight is 681 g/mol. The molecular weight excluding hydrogens is 636 g/mol. The zero-order valence-electron chi connectivity index (χ0n) is 28.9. The molecule has 0 aliphatic carbocycles. The van der Waals surface area contributed by atoms with E-state index in [1.54, 1.807) is 33.5 Å². The van der Waals surface area contributed by atoms with Crippen LogP contribution in [0.25, 0.3) is 11.0 Å². The third-order valence-corrected chi connectivity index (χ3v) is 10.2. The Hall–Kier alpha value is -5.24. The first kappa shape index (κ1) is 33.3. The van der Waals surface area contributed by atoms with Crippen LogP contribution in [0.4, 0.5) is 5.95 Å². The Morgan fingerprint density at radius 3 is 2.46 bits per heavy atom. The van der Waals surface area contributed by atoms with Gasteiger partial charge in [-0.15, -0.1) is 10.2 Å². The molecule has 50 heavy (non-hydrogen) atoms. The number of para-hydroxylation sites is 2. The lowest BCUT2D eigenvalue weighted by atomic mass is 9.77. The molecule has 14 heteroatoms. The lowest BCUT2D eigenvalue weighted by Crippen LogP contribution is -2.39. The number of nitrogens with one attached hydrogen (secondary N) is 1. The number of amides is 1. The number of imidazole rings is 1. The molecule has 1 N–H and O–H groups in total. The summed E-state index contributed by atoms with van der Waals surface area (Å²) in [5, 5.41) is 14.6. The molecule has 2 fully saturated rings. The van der Waals surface area contributed by atoms with Gasteiger partial charge < -0.3 is 33.5 Å². The van der Waals surface area contributed by atoms with Crippen molar-refractivity contribution in [1.29, 1.82) is 0 Å². The summed E-state index contributed by atoms with van der Waals surface area (Å²) < 4.78 is 18.8. The molecule has 2 saturated heterocycles. The van der Waals surface area contributed by atoms with E-state index in [0.717, 1.165) is 75.5 Å².